The Kier molecular flexibility index (Phi) is 4.83. The monoisotopic (exact) mass is 261 g/mol. The van der Waals surface area contributed by atoms with E-state index in [1.54, 1.807) is 4.90 Å². The second-order valence-electron chi connectivity index (χ2n) is 5.08. The van der Waals surface area contributed by atoms with Gasteiger partial charge in [0.15, 0.2) is 0 Å². The van der Waals surface area contributed by atoms with Crippen LogP contribution in [0.2, 0.25) is 0 Å². The minimum atomic E-state index is -0.478. The van der Waals surface area contributed by atoms with Crippen molar-refractivity contribution in [1.82, 2.24) is 4.90 Å². The molecule has 1 aliphatic rings. The van der Waals surface area contributed by atoms with E-state index >= 15 is 0 Å². The van der Waals surface area contributed by atoms with Crippen LogP contribution in [0.25, 0.3) is 0 Å². The Morgan fingerprint density at radius 3 is 2.76 bits per heavy atom. The van der Waals surface area contributed by atoms with Crippen molar-refractivity contribution in [2.24, 2.45) is 0 Å². The number of carbonyl (C=O) groups is 1. The van der Waals surface area contributed by atoms with Gasteiger partial charge in [-0.25, -0.2) is 4.79 Å². The smallest absolute Gasteiger partial charge is 0.410 e. The van der Waals surface area contributed by atoms with Crippen molar-refractivity contribution in [3.63, 3.8) is 0 Å². The summed E-state index contributed by atoms with van der Waals surface area (Å²) >= 11 is 5.70. The van der Waals surface area contributed by atoms with Crippen molar-refractivity contribution < 1.29 is 14.3 Å². The van der Waals surface area contributed by atoms with Crippen LogP contribution in [0.1, 0.15) is 20.8 Å². The third-order valence-corrected chi connectivity index (χ3v) is 2.69. The molecule has 1 heterocycles. The minimum Gasteiger partial charge on any atom is -0.444 e. The predicted molar refractivity (Wildman–Crippen MR) is 67.4 cm³/mol. The molecule has 1 fully saturated rings. The Labute approximate surface area is 108 Å². The highest BCUT2D eigenvalue weighted by molar-refractivity contribution is 6.19. The summed E-state index contributed by atoms with van der Waals surface area (Å²) in [5, 5.41) is 0. The highest BCUT2D eigenvalue weighted by Crippen LogP contribution is 2.16. The van der Waals surface area contributed by atoms with E-state index in [9.17, 15) is 4.79 Å². The van der Waals surface area contributed by atoms with Crippen molar-refractivity contribution in [3.05, 3.63) is 12.2 Å². The summed E-state index contributed by atoms with van der Waals surface area (Å²) in [5.41, 5.74) is 0.314. The molecule has 0 saturated carbocycles. The summed E-state index contributed by atoms with van der Waals surface area (Å²) in [7, 11) is 0. The number of amides is 1. The fraction of sp³-hybridized carbons (Fsp3) is 0.750. The van der Waals surface area contributed by atoms with E-state index in [1.165, 1.54) is 0 Å². The molecule has 0 aromatic heterocycles. The van der Waals surface area contributed by atoms with Crippen LogP contribution >= 0.6 is 11.6 Å². The molecule has 1 aliphatic heterocycles. The molecule has 5 heteroatoms. The molecule has 17 heavy (non-hydrogen) atoms. The lowest BCUT2D eigenvalue weighted by atomic mass is 10.1. The van der Waals surface area contributed by atoms with Crippen molar-refractivity contribution >= 4 is 17.7 Å². The maximum Gasteiger partial charge on any atom is 0.410 e. The van der Waals surface area contributed by atoms with Gasteiger partial charge in [0.25, 0.3) is 0 Å². The number of nitrogens with zero attached hydrogens (tertiary/aromatic N) is 1. The summed E-state index contributed by atoms with van der Waals surface area (Å²) in [4.78, 5) is 13.5. The first kappa shape index (κ1) is 14.3. The van der Waals surface area contributed by atoms with Gasteiger partial charge in [-0.05, 0) is 26.3 Å². The fourth-order valence-electron chi connectivity index (χ4n) is 1.47. The Morgan fingerprint density at radius 1 is 1.59 bits per heavy atom. The lowest BCUT2D eigenvalue weighted by molar-refractivity contribution is -0.0294. The van der Waals surface area contributed by atoms with Crippen molar-refractivity contribution in [2.45, 2.75) is 32.5 Å². The van der Waals surface area contributed by atoms with Gasteiger partial charge < -0.3 is 14.4 Å². The maximum absolute atomic E-state index is 11.9. The van der Waals surface area contributed by atoms with Crippen LogP contribution in [0.15, 0.2) is 12.2 Å². The van der Waals surface area contributed by atoms with Crippen molar-refractivity contribution in [1.29, 1.82) is 0 Å². The van der Waals surface area contributed by atoms with Gasteiger partial charge in [0.1, 0.15) is 5.60 Å². The number of hydrogen-bond donors (Lipinski definition) is 0. The fourth-order valence-corrected chi connectivity index (χ4v) is 1.65. The zero-order chi connectivity index (χ0) is 13.1. The average Bonchev–Trinajstić information content (AvgIpc) is 2.26. The Bertz CT molecular complexity index is 299. The topological polar surface area (TPSA) is 38.8 Å². The lowest BCUT2D eigenvalue weighted by Gasteiger charge is -2.34. The van der Waals surface area contributed by atoms with Crippen LogP contribution in [0.4, 0.5) is 4.79 Å². The largest absolute Gasteiger partial charge is 0.444 e. The SMILES string of the molecule is C=C(CCl)C1CN(C(=O)OC(C)(C)C)CCO1. The molecule has 0 radical (unpaired) electrons. The third-order valence-electron chi connectivity index (χ3n) is 2.35. The quantitative estimate of drug-likeness (QED) is 0.566. The van der Waals surface area contributed by atoms with Gasteiger partial charge in [-0.2, -0.15) is 0 Å². The molecule has 1 amide bonds. The number of morpholine rings is 1. The van der Waals surface area contributed by atoms with Crippen LogP contribution < -0.4 is 0 Å². The summed E-state index contributed by atoms with van der Waals surface area (Å²) in [5.74, 6) is 0.340. The van der Waals surface area contributed by atoms with E-state index in [0.717, 1.165) is 5.57 Å². The zero-order valence-corrected chi connectivity index (χ0v) is 11.4. The van der Waals surface area contributed by atoms with Crippen LogP contribution in [-0.4, -0.2) is 48.3 Å². The lowest BCUT2D eigenvalue weighted by Crippen LogP contribution is -2.48. The molecule has 1 saturated heterocycles. The summed E-state index contributed by atoms with van der Waals surface area (Å²) < 4.78 is 10.8. The number of hydrogen-bond acceptors (Lipinski definition) is 3. The number of alkyl halides is 1. The van der Waals surface area contributed by atoms with Gasteiger partial charge in [0.05, 0.1) is 19.3 Å². The Hall–Kier alpha value is -0.740. The molecule has 0 aromatic carbocycles. The normalized spacial score (nSPS) is 21.2. The summed E-state index contributed by atoms with van der Waals surface area (Å²) in [6.45, 7) is 10.9. The zero-order valence-electron chi connectivity index (χ0n) is 10.7. The molecule has 0 N–H and O–H groups in total. The first-order valence-corrected chi connectivity index (χ1v) is 6.20. The van der Waals surface area contributed by atoms with E-state index in [4.69, 9.17) is 21.1 Å². The van der Waals surface area contributed by atoms with Crippen LogP contribution in [0.3, 0.4) is 0 Å². The van der Waals surface area contributed by atoms with Crippen molar-refractivity contribution in [3.8, 4) is 0 Å². The molecule has 0 bridgehead atoms. The molecule has 98 valence electrons. The van der Waals surface area contributed by atoms with E-state index in [2.05, 4.69) is 6.58 Å². The minimum absolute atomic E-state index is 0.186. The Balaban J connectivity index is 2.55. The molecule has 1 rings (SSSR count). The van der Waals surface area contributed by atoms with Gasteiger partial charge in [0, 0.05) is 12.4 Å². The standard InChI is InChI=1S/C12H20ClNO3/c1-9(7-13)10-8-14(5-6-16-10)11(15)17-12(2,3)4/h10H,1,5-8H2,2-4H3. The second-order valence-corrected chi connectivity index (χ2v) is 5.34. The molecule has 0 aliphatic carbocycles. The van der Waals surface area contributed by atoms with Crippen LogP contribution in [0.5, 0.6) is 0 Å². The van der Waals surface area contributed by atoms with Crippen molar-refractivity contribution in [2.75, 3.05) is 25.6 Å². The van der Waals surface area contributed by atoms with Crippen LogP contribution in [-0.2, 0) is 9.47 Å². The van der Waals surface area contributed by atoms with Gasteiger partial charge in [0.2, 0.25) is 0 Å². The second kappa shape index (κ2) is 5.74. The molecule has 4 nitrogen and oxygen atoms in total. The molecule has 1 unspecified atom stereocenters. The maximum atomic E-state index is 11.9. The highest BCUT2D eigenvalue weighted by Gasteiger charge is 2.28. The molecular weight excluding hydrogens is 242 g/mol. The average molecular weight is 262 g/mol. The number of ether oxygens (including phenoxy) is 2. The van der Waals surface area contributed by atoms with E-state index in [-0.39, 0.29) is 12.2 Å². The molecule has 0 aromatic rings. The van der Waals surface area contributed by atoms with Gasteiger partial charge >= 0.3 is 6.09 Å². The third kappa shape index (κ3) is 4.56. The molecule has 1 atom stereocenters. The summed E-state index contributed by atoms with van der Waals surface area (Å²) in [6, 6.07) is 0. The van der Waals surface area contributed by atoms with E-state index in [1.807, 2.05) is 20.8 Å². The highest BCUT2D eigenvalue weighted by atomic mass is 35.5. The first-order chi connectivity index (χ1) is 7.83. The molecule has 0 spiro atoms. The summed E-state index contributed by atoms with van der Waals surface area (Å²) in [6.07, 6.45) is -0.498. The van der Waals surface area contributed by atoms with Gasteiger partial charge in [-0.15, -0.1) is 11.6 Å². The number of carbonyl (C=O) groups excluding carboxylic acids is 1. The van der Waals surface area contributed by atoms with Gasteiger partial charge in [-0.1, -0.05) is 6.58 Å². The number of halogens is 1. The Morgan fingerprint density at radius 2 is 2.24 bits per heavy atom. The molecular formula is C12H20ClNO3. The number of rotatable bonds is 2. The predicted octanol–water partition coefficient (Wildman–Crippen LogP) is 2.42. The van der Waals surface area contributed by atoms with Gasteiger partial charge in [-0.3, -0.25) is 0 Å². The van der Waals surface area contributed by atoms with Crippen LogP contribution in [0, 0.1) is 0 Å². The first-order valence-electron chi connectivity index (χ1n) is 5.66. The van der Waals surface area contributed by atoms with E-state index in [0.29, 0.717) is 25.6 Å². The van der Waals surface area contributed by atoms with E-state index < -0.39 is 5.60 Å².